The summed E-state index contributed by atoms with van der Waals surface area (Å²) in [5.74, 6) is 0.363. The Kier molecular flexibility index (Phi) is 4.52. The lowest BCUT2D eigenvalue weighted by Crippen LogP contribution is -2.12. The zero-order valence-electron chi connectivity index (χ0n) is 11.3. The molecule has 1 aromatic carbocycles. The molecule has 7 heteroatoms. The highest BCUT2D eigenvalue weighted by Crippen LogP contribution is 2.25. The number of amides is 1. The fraction of sp³-hybridized carbons (Fsp3) is 0.308. The van der Waals surface area contributed by atoms with E-state index in [1.165, 1.54) is 0 Å². The fourth-order valence-electron chi connectivity index (χ4n) is 1.78. The van der Waals surface area contributed by atoms with Crippen LogP contribution in [0.25, 0.3) is 0 Å². The minimum Gasteiger partial charge on any atom is -0.495 e. The van der Waals surface area contributed by atoms with Gasteiger partial charge in [-0.1, -0.05) is 17.8 Å². The minimum absolute atomic E-state index is 0.215. The first-order valence-electron chi connectivity index (χ1n) is 6.21. The first-order chi connectivity index (χ1) is 9.65. The highest BCUT2D eigenvalue weighted by atomic mass is 32.1. The molecular weight excluding hydrogens is 276 g/mol. The van der Waals surface area contributed by atoms with Crippen LogP contribution < -0.4 is 15.8 Å². The van der Waals surface area contributed by atoms with Crippen molar-refractivity contribution in [2.45, 2.75) is 19.8 Å². The summed E-state index contributed by atoms with van der Waals surface area (Å²) in [6.07, 6.45) is 1.66. The number of nitrogens with zero attached hydrogens (tertiary/aromatic N) is 2. The smallest absolute Gasteiger partial charge is 0.269 e. The van der Waals surface area contributed by atoms with E-state index in [9.17, 15) is 4.79 Å². The molecule has 0 saturated carbocycles. The number of methoxy groups -OCH3 is 1. The van der Waals surface area contributed by atoms with Crippen molar-refractivity contribution < 1.29 is 9.53 Å². The van der Waals surface area contributed by atoms with Gasteiger partial charge in [0, 0.05) is 5.69 Å². The normalized spacial score (nSPS) is 10.3. The Morgan fingerprint density at radius 2 is 2.30 bits per heavy atom. The molecule has 0 bridgehead atoms. The van der Waals surface area contributed by atoms with Crippen LogP contribution >= 0.6 is 11.5 Å². The molecule has 1 heterocycles. The van der Waals surface area contributed by atoms with Crippen LogP contribution in [0.3, 0.4) is 0 Å². The number of rotatable bonds is 5. The Morgan fingerprint density at radius 1 is 1.50 bits per heavy atom. The van der Waals surface area contributed by atoms with Gasteiger partial charge in [-0.25, -0.2) is 0 Å². The molecule has 3 N–H and O–H groups in total. The molecule has 0 aliphatic rings. The maximum absolute atomic E-state index is 12.2. The zero-order valence-corrected chi connectivity index (χ0v) is 12.2. The Morgan fingerprint density at radius 3 is 2.95 bits per heavy atom. The lowest BCUT2D eigenvalue weighted by atomic mass is 10.2. The van der Waals surface area contributed by atoms with Crippen molar-refractivity contribution in [1.82, 2.24) is 9.59 Å². The average molecular weight is 292 g/mol. The molecule has 0 spiro atoms. The second-order valence-electron chi connectivity index (χ2n) is 4.21. The Hall–Kier alpha value is -2.15. The van der Waals surface area contributed by atoms with Crippen LogP contribution in [0.15, 0.2) is 18.2 Å². The van der Waals surface area contributed by atoms with E-state index in [-0.39, 0.29) is 5.91 Å². The molecular formula is C13H16N4O2S. The van der Waals surface area contributed by atoms with E-state index in [1.807, 2.05) is 6.92 Å². The van der Waals surface area contributed by atoms with Crippen molar-refractivity contribution >= 4 is 28.8 Å². The number of carbonyl (C=O) groups is 1. The number of nitrogens with two attached hydrogens (primary N) is 1. The fourth-order valence-corrected chi connectivity index (χ4v) is 2.38. The van der Waals surface area contributed by atoms with E-state index < -0.39 is 0 Å². The van der Waals surface area contributed by atoms with Gasteiger partial charge in [0.25, 0.3) is 5.91 Å². The van der Waals surface area contributed by atoms with Crippen LogP contribution in [0, 0.1) is 0 Å². The second kappa shape index (κ2) is 6.33. The molecule has 106 valence electrons. The van der Waals surface area contributed by atoms with Gasteiger partial charge < -0.3 is 15.8 Å². The summed E-state index contributed by atoms with van der Waals surface area (Å²) >= 11 is 1.10. The number of hydrogen-bond donors (Lipinski definition) is 2. The van der Waals surface area contributed by atoms with E-state index in [2.05, 4.69) is 14.9 Å². The summed E-state index contributed by atoms with van der Waals surface area (Å²) in [6.45, 7) is 2.03. The van der Waals surface area contributed by atoms with E-state index in [0.717, 1.165) is 30.1 Å². The summed E-state index contributed by atoms with van der Waals surface area (Å²) in [6, 6.07) is 5.11. The molecule has 0 saturated heterocycles. The van der Waals surface area contributed by atoms with Crippen molar-refractivity contribution in [3.05, 3.63) is 28.8 Å². The van der Waals surface area contributed by atoms with Gasteiger partial charge >= 0.3 is 0 Å². The number of anilines is 2. The molecule has 0 aliphatic heterocycles. The topological polar surface area (TPSA) is 90.1 Å². The highest BCUT2D eigenvalue weighted by Gasteiger charge is 2.16. The lowest BCUT2D eigenvalue weighted by molar-refractivity contribution is 0.102. The third-order valence-electron chi connectivity index (χ3n) is 2.74. The monoisotopic (exact) mass is 292 g/mol. The summed E-state index contributed by atoms with van der Waals surface area (Å²) < 4.78 is 8.91. The predicted molar refractivity (Wildman–Crippen MR) is 79.3 cm³/mol. The van der Waals surface area contributed by atoms with E-state index >= 15 is 0 Å². The van der Waals surface area contributed by atoms with Crippen LogP contribution in [0.2, 0.25) is 0 Å². The number of benzene rings is 1. The van der Waals surface area contributed by atoms with Gasteiger partial charge in [-0.15, -0.1) is 5.10 Å². The third kappa shape index (κ3) is 3.05. The predicted octanol–water partition coefficient (Wildman–Crippen LogP) is 2.33. The Labute approximate surface area is 121 Å². The van der Waals surface area contributed by atoms with Crippen LogP contribution in [0.1, 0.15) is 28.7 Å². The van der Waals surface area contributed by atoms with Crippen LogP contribution in [0.5, 0.6) is 5.75 Å². The summed E-state index contributed by atoms with van der Waals surface area (Å²) in [5, 5.41) is 6.77. The van der Waals surface area contributed by atoms with Crippen molar-refractivity contribution in [3.63, 3.8) is 0 Å². The van der Waals surface area contributed by atoms with Gasteiger partial charge in [-0.3, -0.25) is 4.79 Å². The number of hydrogen-bond acceptors (Lipinski definition) is 6. The summed E-state index contributed by atoms with van der Waals surface area (Å²) in [7, 11) is 1.55. The van der Waals surface area contributed by atoms with E-state index in [0.29, 0.717) is 22.0 Å². The van der Waals surface area contributed by atoms with E-state index in [1.54, 1.807) is 25.3 Å². The summed E-state index contributed by atoms with van der Waals surface area (Å²) in [5.41, 5.74) is 7.63. The van der Waals surface area contributed by atoms with Gasteiger partial charge in [-0.2, -0.15) is 0 Å². The van der Waals surface area contributed by atoms with Gasteiger partial charge in [0.2, 0.25) is 0 Å². The summed E-state index contributed by atoms with van der Waals surface area (Å²) in [4.78, 5) is 12.7. The standard InChI is InChI=1S/C13H16N4O2S/c1-3-4-10-12(20-17-16-10)13(18)15-8-5-6-11(19-2)9(14)7-8/h5-7H,3-4,14H2,1-2H3,(H,15,18). The molecule has 0 fully saturated rings. The first kappa shape index (κ1) is 14.3. The van der Waals surface area contributed by atoms with Gasteiger partial charge in [-0.05, 0) is 36.2 Å². The number of aromatic nitrogens is 2. The number of aryl methyl sites for hydroxylation is 1. The number of nitrogen functional groups attached to an aromatic ring is 1. The lowest BCUT2D eigenvalue weighted by Gasteiger charge is -2.08. The van der Waals surface area contributed by atoms with Crippen molar-refractivity contribution in [3.8, 4) is 5.75 Å². The van der Waals surface area contributed by atoms with Crippen molar-refractivity contribution in [1.29, 1.82) is 0 Å². The number of carbonyl (C=O) groups excluding carboxylic acids is 1. The average Bonchev–Trinajstić information content (AvgIpc) is 2.88. The largest absolute Gasteiger partial charge is 0.495 e. The maximum atomic E-state index is 12.2. The Balaban J connectivity index is 2.15. The first-order valence-corrected chi connectivity index (χ1v) is 6.99. The van der Waals surface area contributed by atoms with Crippen molar-refractivity contribution in [2.75, 3.05) is 18.2 Å². The minimum atomic E-state index is -0.215. The molecule has 2 aromatic rings. The van der Waals surface area contributed by atoms with Crippen LogP contribution in [-0.2, 0) is 6.42 Å². The van der Waals surface area contributed by atoms with Crippen molar-refractivity contribution in [2.24, 2.45) is 0 Å². The molecule has 0 aliphatic carbocycles. The molecule has 0 atom stereocenters. The quantitative estimate of drug-likeness (QED) is 0.825. The highest BCUT2D eigenvalue weighted by molar-refractivity contribution is 7.08. The number of ether oxygens (including phenoxy) is 1. The molecule has 1 aromatic heterocycles. The molecule has 1 amide bonds. The zero-order chi connectivity index (χ0) is 14.5. The maximum Gasteiger partial charge on any atom is 0.269 e. The molecule has 2 rings (SSSR count). The second-order valence-corrected chi connectivity index (χ2v) is 4.96. The van der Waals surface area contributed by atoms with Crippen LogP contribution in [-0.4, -0.2) is 22.6 Å². The number of nitrogens with one attached hydrogen (secondary N) is 1. The van der Waals surface area contributed by atoms with Gasteiger partial charge in [0.05, 0.1) is 18.5 Å². The van der Waals surface area contributed by atoms with Crippen LogP contribution in [0.4, 0.5) is 11.4 Å². The SMILES string of the molecule is CCCc1nnsc1C(=O)Nc1ccc(OC)c(N)c1. The third-order valence-corrected chi connectivity index (χ3v) is 3.50. The van der Waals surface area contributed by atoms with Gasteiger partial charge in [0.1, 0.15) is 10.6 Å². The Bertz CT molecular complexity index is 612. The molecule has 20 heavy (non-hydrogen) atoms. The molecule has 0 unspecified atom stereocenters. The molecule has 6 nitrogen and oxygen atoms in total. The van der Waals surface area contributed by atoms with Gasteiger partial charge in [0.15, 0.2) is 0 Å². The van der Waals surface area contributed by atoms with E-state index in [4.69, 9.17) is 10.5 Å². The molecule has 0 radical (unpaired) electrons.